The van der Waals surface area contributed by atoms with E-state index in [2.05, 4.69) is 9.97 Å². The number of carbonyl (C=O) groups is 2. The summed E-state index contributed by atoms with van der Waals surface area (Å²) in [5, 5.41) is 10.0. The predicted molar refractivity (Wildman–Crippen MR) is 91.9 cm³/mol. The Morgan fingerprint density at radius 1 is 1.27 bits per heavy atom. The molecule has 0 bridgehead atoms. The van der Waals surface area contributed by atoms with Crippen LogP contribution in [-0.4, -0.2) is 51.5 Å². The number of rotatable bonds is 2. The third-order valence-electron chi connectivity index (χ3n) is 5.33. The Morgan fingerprint density at radius 3 is 2.81 bits per heavy atom. The summed E-state index contributed by atoms with van der Waals surface area (Å²) in [6.07, 6.45) is 3.31. The number of para-hydroxylation sites is 1. The average molecular weight is 353 g/mol. The Hall–Kier alpha value is -2.96. The summed E-state index contributed by atoms with van der Waals surface area (Å²) in [7, 11) is 0. The van der Waals surface area contributed by atoms with E-state index in [4.69, 9.17) is 4.74 Å². The number of hydrogen-bond acceptors (Lipinski definition) is 5. The van der Waals surface area contributed by atoms with Gasteiger partial charge < -0.3 is 14.7 Å². The van der Waals surface area contributed by atoms with Gasteiger partial charge in [-0.1, -0.05) is 18.2 Å². The van der Waals surface area contributed by atoms with Gasteiger partial charge in [-0.3, -0.25) is 14.6 Å². The van der Waals surface area contributed by atoms with E-state index < -0.39 is 11.4 Å². The molecule has 1 N–H and O–H groups in total. The van der Waals surface area contributed by atoms with Crippen molar-refractivity contribution in [3.05, 3.63) is 53.6 Å². The second-order valence-corrected chi connectivity index (χ2v) is 6.98. The summed E-state index contributed by atoms with van der Waals surface area (Å²) >= 11 is 0. The van der Waals surface area contributed by atoms with Gasteiger partial charge in [-0.25, -0.2) is 4.98 Å². The molecule has 2 aliphatic rings. The Kier molecular flexibility index (Phi) is 3.86. The molecule has 0 radical (unpaired) electrons. The topological polar surface area (TPSA) is 92.6 Å². The van der Waals surface area contributed by atoms with E-state index in [9.17, 15) is 14.7 Å². The van der Waals surface area contributed by atoms with Crippen molar-refractivity contribution in [1.29, 1.82) is 0 Å². The number of aryl methyl sites for hydroxylation is 1. The Balaban J connectivity index is 1.65. The molecule has 2 atom stereocenters. The number of aromatic nitrogens is 2. The smallest absolute Gasteiger partial charge is 0.312 e. The fourth-order valence-electron chi connectivity index (χ4n) is 3.85. The molecule has 1 amide bonds. The summed E-state index contributed by atoms with van der Waals surface area (Å²) in [5.74, 6) is -0.743. The molecular weight excluding hydrogens is 334 g/mol. The van der Waals surface area contributed by atoms with Crippen LogP contribution in [0.2, 0.25) is 0 Å². The highest BCUT2D eigenvalue weighted by Crippen LogP contribution is 2.44. The zero-order valence-electron chi connectivity index (χ0n) is 14.4. The van der Waals surface area contributed by atoms with Crippen molar-refractivity contribution >= 4 is 11.9 Å². The molecule has 0 aliphatic carbocycles. The molecule has 134 valence electrons. The van der Waals surface area contributed by atoms with Gasteiger partial charge in [0.15, 0.2) is 0 Å². The molecule has 1 aromatic heterocycles. The van der Waals surface area contributed by atoms with Gasteiger partial charge in [0.05, 0.1) is 23.9 Å². The van der Waals surface area contributed by atoms with Crippen LogP contribution in [0.25, 0.3) is 0 Å². The monoisotopic (exact) mass is 353 g/mol. The van der Waals surface area contributed by atoms with Crippen LogP contribution < -0.4 is 4.74 Å². The maximum atomic E-state index is 12.8. The van der Waals surface area contributed by atoms with Gasteiger partial charge in [0, 0.05) is 25.2 Å². The zero-order chi connectivity index (χ0) is 18.3. The van der Waals surface area contributed by atoms with Gasteiger partial charge in [-0.15, -0.1) is 0 Å². The SMILES string of the molecule is Cc1cnc(C(=O)N2C[C@H]3COc4ccccc4C[C@@]3(C(=O)O)C2)cn1. The minimum Gasteiger partial charge on any atom is -0.493 e. The van der Waals surface area contributed by atoms with Gasteiger partial charge in [0.2, 0.25) is 0 Å². The molecule has 2 aliphatic heterocycles. The fraction of sp³-hybridized carbons (Fsp3) is 0.368. The number of amides is 1. The van der Waals surface area contributed by atoms with E-state index in [1.54, 1.807) is 11.8 Å². The molecular formula is C19H19N3O4. The molecule has 1 aromatic carbocycles. The molecule has 4 rings (SSSR count). The van der Waals surface area contributed by atoms with Crippen molar-refractivity contribution in [3.8, 4) is 5.75 Å². The van der Waals surface area contributed by atoms with Crippen LogP contribution in [-0.2, 0) is 11.2 Å². The van der Waals surface area contributed by atoms with E-state index in [1.807, 2.05) is 24.3 Å². The summed E-state index contributed by atoms with van der Waals surface area (Å²) < 4.78 is 5.86. The summed E-state index contributed by atoms with van der Waals surface area (Å²) in [5.41, 5.74) is 0.760. The number of carboxylic acids is 1. The van der Waals surface area contributed by atoms with E-state index in [0.29, 0.717) is 13.0 Å². The van der Waals surface area contributed by atoms with E-state index in [0.717, 1.165) is 17.0 Å². The molecule has 1 fully saturated rings. The molecule has 7 heteroatoms. The average Bonchev–Trinajstić information content (AvgIpc) is 2.93. The number of carboxylic acid groups (broad SMARTS) is 1. The van der Waals surface area contributed by atoms with Crippen molar-refractivity contribution in [2.24, 2.45) is 11.3 Å². The minimum absolute atomic E-state index is 0.138. The standard InChI is InChI=1S/C19H19N3O4/c1-12-7-21-15(8-20-12)17(23)22-9-14-10-26-16-5-3-2-4-13(16)6-19(14,11-22)18(24)25/h2-5,7-8,14H,6,9-11H2,1H3,(H,24,25)/t14-,19+/m0/s1. The molecule has 0 unspecified atom stereocenters. The van der Waals surface area contributed by atoms with Crippen molar-refractivity contribution in [1.82, 2.24) is 14.9 Å². The van der Waals surface area contributed by atoms with Crippen molar-refractivity contribution in [2.75, 3.05) is 19.7 Å². The first-order valence-electron chi connectivity index (χ1n) is 8.51. The molecule has 3 heterocycles. The molecule has 7 nitrogen and oxygen atoms in total. The van der Waals surface area contributed by atoms with Gasteiger partial charge >= 0.3 is 5.97 Å². The summed E-state index contributed by atoms with van der Waals surface area (Å²) in [6.45, 7) is 2.53. The minimum atomic E-state index is -1.06. The predicted octanol–water partition coefficient (Wildman–Crippen LogP) is 1.56. The molecule has 0 spiro atoms. The van der Waals surface area contributed by atoms with E-state index >= 15 is 0 Å². The maximum Gasteiger partial charge on any atom is 0.312 e. The first-order valence-corrected chi connectivity index (χ1v) is 8.51. The third kappa shape index (κ3) is 2.60. The third-order valence-corrected chi connectivity index (χ3v) is 5.33. The van der Waals surface area contributed by atoms with Crippen molar-refractivity contribution in [3.63, 3.8) is 0 Å². The number of carbonyl (C=O) groups excluding carboxylic acids is 1. The van der Waals surface area contributed by atoms with Gasteiger partial charge in [0.25, 0.3) is 5.91 Å². The van der Waals surface area contributed by atoms with Gasteiger partial charge in [0.1, 0.15) is 11.4 Å². The number of hydrogen-bond donors (Lipinski definition) is 1. The number of likely N-dealkylation sites (tertiary alicyclic amines) is 1. The van der Waals surface area contributed by atoms with E-state index in [-0.39, 0.29) is 30.7 Å². The highest BCUT2D eigenvalue weighted by atomic mass is 16.5. The van der Waals surface area contributed by atoms with Crippen LogP contribution in [0.5, 0.6) is 5.75 Å². The summed E-state index contributed by atoms with van der Waals surface area (Å²) in [4.78, 5) is 34.8. The first-order chi connectivity index (χ1) is 12.5. The Labute approximate surface area is 150 Å². The van der Waals surface area contributed by atoms with Gasteiger partial charge in [-0.2, -0.15) is 0 Å². The number of fused-ring (bicyclic) bond motifs is 2. The second kappa shape index (κ2) is 6.09. The Morgan fingerprint density at radius 2 is 2.08 bits per heavy atom. The van der Waals surface area contributed by atoms with Crippen molar-refractivity contribution < 1.29 is 19.4 Å². The zero-order valence-corrected chi connectivity index (χ0v) is 14.4. The highest BCUT2D eigenvalue weighted by Gasteiger charge is 2.55. The second-order valence-electron chi connectivity index (χ2n) is 6.98. The summed E-state index contributed by atoms with van der Waals surface area (Å²) in [6, 6.07) is 7.49. The molecule has 26 heavy (non-hydrogen) atoms. The van der Waals surface area contributed by atoms with Crippen LogP contribution >= 0.6 is 0 Å². The number of benzene rings is 1. The lowest BCUT2D eigenvalue weighted by Crippen LogP contribution is -2.42. The van der Waals surface area contributed by atoms with Gasteiger partial charge in [-0.05, 0) is 25.0 Å². The van der Waals surface area contributed by atoms with E-state index in [1.165, 1.54) is 12.4 Å². The molecule has 2 aromatic rings. The Bertz CT molecular complexity index is 867. The number of aliphatic carboxylic acids is 1. The largest absolute Gasteiger partial charge is 0.493 e. The quantitative estimate of drug-likeness (QED) is 0.881. The molecule has 0 saturated carbocycles. The lowest BCUT2D eigenvalue weighted by molar-refractivity contribution is -0.150. The lowest BCUT2D eigenvalue weighted by Gasteiger charge is -2.27. The lowest BCUT2D eigenvalue weighted by atomic mass is 9.74. The highest BCUT2D eigenvalue weighted by molar-refractivity contribution is 5.93. The van der Waals surface area contributed by atoms with Crippen LogP contribution in [0, 0.1) is 18.3 Å². The first kappa shape index (κ1) is 16.5. The fourth-order valence-corrected chi connectivity index (χ4v) is 3.85. The van der Waals surface area contributed by atoms with Crippen LogP contribution in [0.15, 0.2) is 36.7 Å². The van der Waals surface area contributed by atoms with Crippen LogP contribution in [0.4, 0.5) is 0 Å². The number of ether oxygens (including phenoxy) is 1. The molecule has 1 saturated heterocycles. The van der Waals surface area contributed by atoms with Crippen LogP contribution in [0.3, 0.4) is 0 Å². The van der Waals surface area contributed by atoms with Crippen molar-refractivity contribution in [2.45, 2.75) is 13.3 Å². The van der Waals surface area contributed by atoms with Crippen LogP contribution in [0.1, 0.15) is 21.7 Å². The maximum absolute atomic E-state index is 12.8. The number of nitrogens with zero attached hydrogens (tertiary/aromatic N) is 3. The normalized spacial score (nSPS) is 24.2.